The maximum absolute atomic E-state index is 12.8. The van der Waals surface area contributed by atoms with Crippen molar-refractivity contribution in [3.8, 4) is 0 Å². The van der Waals surface area contributed by atoms with E-state index < -0.39 is 5.92 Å². The summed E-state index contributed by atoms with van der Waals surface area (Å²) in [6.45, 7) is 8.45. The topological polar surface area (TPSA) is 72.6 Å². The second-order valence-electron chi connectivity index (χ2n) is 8.73. The van der Waals surface area contributed by atoms with E-state index in [0.717, 1.165) is 31.5 Å². The second-order valence-corrected chi connectivity index (χ2v) is 8.73. The maximum atomic E-state index is 12.8. The lowest BCUT2D eigenvalue weighted by Gasteiger charge is -2.34. The molecule has 1 amide bonds. The Kier molecular flexibility index (Phi) is 8.32. The molecule has 2 atom stereocenters. The standard InChI is InChI=1S/C27H36N2O3/c1-4-9-22(23-18-19(3)10-15-24(23)29-16-7-6-8-17-29)25(26(28)30)20-11-13-21(14-12-20)27(31)32-5-2/h10-15,18,22,25H,4-9,16-17H2,1-3H3,(H2,28,30). The first-order chi connectivity index (χ1) is 15.5. The number of hydrogen-bond acceptors (Lipinski definition) is 4. The summed E-state index contributed by atoms with van der Waals surface area (Å²) in [6, 6.07) is 13.8. The van der Waals surface area contributed by atoms with E-state index in [1.807, 2.05) is 12.1 Å². The van der Waals surface area contributed by atoms with Crippen molar-refractivity contribution in [3.05, 3.63) is 64.7 Å². The summed E-state index contributed by atoms with van der Waals surface area (Å²) in [4.78, 5) is 27.3. The van der Waals surface area contributed by atoms with Crippen LogP contribution in [0.25, 0.3) is 0 Å². The first-order valence-electron chi connectivity index (χ1n) is 11.9. The summed E-state index contributed by atoms with van der Waals surface area (Å²) in [6.07, 6.45) is 5.47. The van der Waals surface area contributed by atoms with E-state index in [0.29, 0.717) is 12.2 Å². The molecule has 0 aliphatic carbocycles. The minimum Gasteiger partial charge on any atom is -0.462 e. The van der Waals surface area contributed by atoms with Crippen molar-refractivity contribution in [2.45, 2.75) is 64.7 Å². The number of benzene rings is 2. The average Bonchev–Trinajstić information content (AvgIpc) is 2.79. The van der Waals surface area contributed by atoms with E-state index >= 15 is 0 Å². The number of amides is 1. The predicted octanol–water partition coefficient (Wildman–Crippen LogP) is 5.31. The first kappa shape index (κ1) is 23.8. The number of rotatable bonds is 9. The molecule has 172 valence electrons. The zero-order valence-corrected chi connectivity index (χ0v) is 19.6. The molecule has 1 saturated heterocycles. The number of nitrogens with zero attached hydrogens (tertiary/aromatic N) is 1. The molecule has 5 nitrogen and oxygen atoms in total. The Labute approximate surface area is 191 Å². The van der Waals surface area contributed by atoms with Crippen LogP contribution in [0.4, 0.5) is 5.69 Å². The SMILES string of the molecule is CCCC(c1cc(C)ccc1N1CCCCC1)C(C(N)=O)c1ccc(C(=O)OCC)cc1. The fourth-order valence-electron chi connectivity index (χ4n) is 4.84. The molecule has 5 heteroatoms. The molecule has 2 aromatic rings. The van der Waals surface area contributed by atoms with Gasteiger partial charge in [0, 0.05) is 24.7 Å². The van der Waals surface area contributed by atoms with Gasteiger partial charge in [0.25, 0.3) is 0 Å². The molecule has 2 unspecified atom stereocenters. The number of aryl methyl sites for hydroxylation is 1. The molecule has 1 aliphatic heterocycles. The average molecular weight is 437 g/mol. The van der Waals surface area contributed by atoms with E-state index in [1.54, 1.807) is 19.1 Å². The highest BCUT2D eigenvalue weighted by atomic mass is 16.5. The Hall–Kier alpha value is -2.82. The molecule has 1 fully saturated rings. The molecule has 2 N–H and O–H groups in total. The molecular formula is C27H36N2O3. The van der Waals surface area contributed by atoms with Crippen molar-refractivity contribution < 1.29 is 14.3 Å². The number of hydrogen-bond donors (Lipinski definition) is 1. The van der Waals surface area contributed by atoms with Crippen molar-refractivity contribution >= 4 is 17.6 Å². The highest BCUT2D eigenvalue weighted by Gasteiger charge is 2.32. The fourth-order valence-corrected chi connectivity index (χ4v) is 4.84. The van der Waals surface area contributed by atoms with Crippen LogP contribution in [0, 0.1) is 6.92 Å². The number of carbonyl (C=O) groups excluding carboxylic acids is 2. The van der Waals surface area contributed by atoms with Gasteiger partial charge in [-0.15, -0.1) is 0 Å². The largest absolute Gasteiger partial charge is 0.462 e. The molecule has 0 aromatic heterocycles. The molecule has 0 bridgehead atoms. The van der Waals surface area contributed by atoms with Crippen molar-refractivity contribution in [3.63, 3.8) is 0 Å². The van der Waals surface area contributed by atoms with Crippen molar-refractivity contribution in [1.82, 2.24) is 0 Å². The minimum absolute atomic E-state index is 0.0252. The fraction of sp³-hybridized carbons (Fsp3) is 0.481. The monoisotopic (exact) mass is 436 g/mol. The molecule has 2 aromatic carbocycles. The lowest BCUT2D eigenvalue weighted by atomic mass is 9.77. The van der Waals surface area contributed by atoms with Gasteiger partial charge in [-0.2, -0.15) is 0 Å². The van der Waals surface area contributed by atoms with Crippen LogP contribution in [0.1, 0.15) is 84.8 Å². The normalized spacial score (nSPS) is 15.8. The number of nitrogens with two attached hydrogens (primary N) is 1. The zero-order chi connectivity index (χ0) is 23.1. The second kappa shape index (κ2) is 11.2. The van der Waals surface area contributed by atoms with Crippen LogP contribution in [-0.2, 0) is 9.53 Å². The van der Waals surface area contributed by atoms with E-state index in [2.05, 4.69) is 36.9 Å². The van der Waals surface area contributed by atoms with Crippen molar-refractivity contribution in [2.24, 2.45) is 5.73 Å². The van der Waals surface area contributed by atoms with Crippen LogP contribution in [-0.4, -0.2) is 31.6 Å². The van der Waals surface area contributed by atoms with Gasteiger partial charge in [-0.05, 0) is 68.9 Å². The molecule has 1 aliphatic rings. The van der Waals surface area contributed by atoms with E-state index in [1.165, 1.54) is 36.1 Å². The Morgan fingerprint density at radius 3 is 2.31 bits per heavy atom. The van der Waals surface area contributed by atoms with Gasteiger partial charge in [0.15, 0.2) is 0 Å². The molecule has 0 spiro atoms. The number of primary amides is 1. The van der Waals surface area contributed by atoms with Gasteiger partial charge < -0.3 is 15.4 Å². The Morgan fingerprint density at radius 1 is 1.03 bits per heavy atom. The molecule has 1 heterocycles. The molecule has 0 saturated carbocycles. The third kappa shape index (κ3) is 5.50. The summed E-state index contributed by atoms with van der Waals surface area (Å²) >= 11 is 0. The quantitative estimate of drug-likeness (QED) is 0.540. The molecule has 32 heavy (non-hydrogen) atoms. The number of carbonyl (C=O) groups is 2. The summed E-state index contributed by atoms with van der Waals surface area (Å²) in [7, 11) is 0. The lowest BCUT2D eigenvalue weighted by molar-refractivity contribution is -0.120. The highest BCUT2D eigenvalue weighted by Crippen LogP contribution is 2.42. The van der Waals surface area contributed by atoms with Gasteiger partial charge >= 0.3 is 5.97 Å². The molecule has 0 radical (unpaired) electrons. The number of anilines is 1. The van der Waals surface area contributed by atoms with Crippen LogP contribution in [0.5, 0.6) is 0 Å². The van der Waals surface area contributed by atoms with Gasteiger partial charge in [0.2, 0.25) is 5.91 Å². The molecular weight excluding hydrogens is 400 g/mol. The molecule has 3 rings (SSSR count). The van der Waals surface area contributed by atoms with Gasteiger partial charge in [0.05, 0.1) is 18.1 Å². The van der Waals surface area contributed by atoms with Crippen LogP contribution >= 0.6 is 0 Å². The first-order valence-corrected chi connectivity index (χ1v) is 11.9. The van der Waals surface area contributed by atoms with E-state index in [4.69, 9.17) is 10.5 Å². The van der Waals surface area contributed by atoms with Gasteiger partial charge in [-0.3, -0.25) is 4.79 Å². The number of esters is 1. The van der Waals surface area contributed by atoms with Gasteiger partial charge in [0.1, 0.15) is 0 Å². The summed E-state index contributed by atoms with van der Waals surface area (Å²) in [5.74, 6) is -1.18. The summed E-state index contributed by atoms with van der Waals surface area (Å²) in [5.41, 5.74) is 10.9. The number of ether oxygens (including phenoxy) is 1. The van der Waals surface area contributed by atoms with E-state index in [9.17, 15) is 9.59 Å². The predicted molar refractivity (Wildman–Crippen MR) is 129 cm³/mol. The maximum Gasteiger partial charge on any atom is 0.338 e. The zero-order valence-electron chi connectivity index (χ0n) is 19.6. The lowest BCUT2D eigenvalue weighted by Crippen LogP contribution is -2.32. The minimum atomic E-state index is -0.462. The van der Waals surface area contributed by atoms with E-state index in [-0.39, 0.29) is 17.8 Å². The summed E-state index contributed by atoms with van der Waals surface area (Å²) < 4.78 is 5.09. The van der Waals surface area contributed by atoms with Gasteiger partial charge in [-0.1, -0.05) is 43.2 Å². The highest BCUT2D eigenvalue weighted by molar-refractivity contribution is 5.90. The third-order valence-corrected chi connectivity index (χ3v) is 6.37. The Morgan fingerprint density at radius 2 is 1.72 bits per heavy atom. The van der Waals surface area contributed by atoms with Crippen molar-refractivity contribution in [1.29, 1.82) is 0 Å². The Bertz CT molecular complexity index is 917. The van der Waals surface area contributed by atoms with Crippen LogP contribution in [0.2, 0.25) is 0 Å². The third-order valence-electron chi connectivity index (χ3n) is 6.37. The number of piperidine rings is 1. The Balaban J connectivity index is 2.02. The van der Waals surface area contributed by atoms with Crippen molar-refractivity contribution in [2.75, 3.05) is 24.6 Å². The smallest absolute Gasteiger partial charge is 0.338 e. The van der Waals surface area contributed by atoms with Crippen LogP contribution in [0.3, 0.4) is 0 Å². The van der Waals surface area contributed by atoms with Gasteiger partial charge in [-0.25, -0.2) is 4.79 Å². The van der Waals surface area contributed by atoms with Crippen LogP contribution < -0.4 is 10.6 Å². The van der Waals surface area contributed by atoms with Crippen LogP contribution in [0.15, 0.2) is 42.5 Å². The summed E-state index contributed by atoms with van der Waals surface area (Å²) in [5, 5.41) is 0.